The van der Waals surface area contributed by atoms with Crippen LogP contribution in [-0.2, 0) is 6.54 Å². The van der Waals surface area contributed by atoms with E-state index in [-0.39, 0.29) is 12.4 Å². The van der Waals surface area contributed by atoms with Crippen LogP contribution in [-0.4, -0.2) is 11.0 Å². The van der Waals surface area contributed by atoms with Gasteiger partial charge in [0.05, 0.1) is 10.7 Å². The van der Waals surface area contributed by atoms with E-state index < -0.39 is 0 Å². The highest BCUT2D eigenvalue weighted by atomic mass is 35.5. The molecule has 0 aromatic carbocycles. The fourth-order valence-corrected chi connectivity index (χ4v) is 2.32. The molecule has 1 rings (SSSR count). The standard InChI is InChI=1S/C13H24N2S.ClH/c1-6-10(4)11(5)14-7-12-8-16-13(15-12)9(2)3;/h8-11,14H,6-7H2,1-5H3;1H. The van der Waals surface area contributed by atoms with Crippen LogP contribution in [0.5, 0.6) is 0 Å². The molecule has 0 aliphatic rings. The number of aromatic nitrogens is 1. The quantitative estimate of drug-likeness (QED) is 0.842. The summed E-state index contributed by atoms with van der Waals surface area (Å²) in [6, 6.07) is 0.564. The van der Waals surface area contributed by atoms with Crippen molar-refractivity contribution in [2.75, 3.05) is 0 Å². The molecule has 0 saturated heterocycles. The second-order valence-corrected chi connectivity index (χ2v) is 5.78. The van der Waals surface area contributed by atoms with Crippen molar-refractivity contribution in [3.8, 4) is 0 Å². The molecule has 0 radical (unpaired) electrons. The third kappa shape index (κ3) is 5.36. The molecule has 0 saturated carbocycles. The summed E-state index contributed by atoms with van der Waals surface area (Å²) < 4.78 is 0. The van der Waals surface area contributed by atoms with Gasteiger partial charge in [0.2, 0.25) is 0 Å². The van der Waals surface area contributed by atoms with Crippen molar-refractivity contribution in [1.82, 2.24) is 10.3 Å². The van der Waals surface area contributed by atoms with Crippen LogP contribution in [0.25, 0.3) is 0 Å². The van der Waals surface area contributed by atoms with Gasteiger partial charge in [-0.15, -0.1) is 23.7 Å². The molecule has 17 heavy (non-hydrogen) atoms. The van der Waals surface area contributed by atoms with E-state index in [0.717, 1.165) is 12.5 Å². The number of nitrogens with one attached hydrogen (secondary N) is 1. The first-order valence-electron chi connectivity index (χ1n) is 6.22. The summed E-state index contributed by atoms with van der Waals surface area (Å²) in [5.41, 5.74) is 1.18. The largest absolute Gasteiger partial charge is 0.308 e. The molecule has 2 atom stereocenters. The average molecular weight is 277 g/mol. The summed E-state index contributed by atoms with van der Waals surface area (Å²) in [4.78, 5) is 4.62. The Morgan fingerprint density at radius 3 is 2.41 bits per heavy atom. The number of halogens is 1. The van der Waals surface area contributed by atoms with Gasteiger partial charge in [0, 0.05) is 23.9 Å². The molecule has 4 heteroatoms. The molecule has 0 fully saturated rings. The monoisotopic (exact) mass is 276 g/mol. The van der Waals surface area contributed by atoms with Gasteiger partial charge in [0.15, 0.2) is 0 Å². The van der Waals surface area contributed by atoms with Crippen molar-refractivity contribution < 1.29 is 0 Å². The van der Waals surface area contributed by atoms with E-state index in [1.165, 1.54) is 17.1 Å². The number of nitrogens with zero attached hydrogens (tertiary/aromatic N) is 1. The zero-order valence-electron chi connectivity index (χ0n) is 11.5. The lowest BCUT2D eigenvalue weighted by Crippen LogP contribution is -2.31. The number of hydrogen-bond acceptors (Lipinski definition) is 3. The zero-order valence-corrected chi connectivity index (χ0v) is 13.1. The molecule has 2 nitrogen and oxygen atoms in total. The number of thiazole rings is 1. The number of rotatable bonds is 6. The molecule has 0 bridgehead atoms. The zero-order chi connectivity index (χ0) is 12.1. The predicted molar refractivity (Wildman–Crippen MR) is 79.2 cm³/mol. The minimum Gasteiger partial charge on any atom is -0.308 e. The third-order valence-electron chi connectivity index (χ3n) is 3.17. The van der Waals surface area contributed by atoms with Crippen LogP contribution in [0.3, 0.4) is 0 Å². The highest BCUT2D eigenvalue weighted by Crippen LogP contribution is 2.19. The first-order valence-corrected chi connectivity index (χ1v) is 7.10. The molecule has 1 aromatic heterocycles. The van der Waals surface area contributed by atoms with E-state index in [0.29, 0.717) is 12.0 Å². The molecule has 0 spiro atoms. The molecule has 0 amide bonds. The van der Waals surface area contributed by atoms with E-state index in [1.54, 1.807) is 11.3 Å². The van der Waals surface area contributed by atoms with Crippen molar-refractivity contribution in [2.24, 2.45) is 5.92 Å². The van der Waals surface area contributed by atoms with Crippen LogP contribution >= 0.6 is 23.7 Å². The molecule has 1 aromatic rings. The first kappa shape index (κ1) is 16.9. The maximum Gasteiger partial charge on any atom is 0.0954 e. The van der Waals surface area contributed by atoms with E-state index in [1.807, 2.05) is 0 Å². The molecule has 1 N–H and O–H groups in total. The van der Waals surface area contributed by atoms with Crippen LogP contribution in [0.1, 0.15) is 57.7 Å². The van der Waals surface area contributed by atoms with Gasteiger partial charge >= 0.3 is 0 Å². The summed E-state index contributed by atoms with van der Waals surface area (Å²) in [5, 5.41) is 6.96. The predicted octanol–water partition coefficient (Wildman–Crippen LogP) is 4.21. The molecule has 0 aliphatic heterocycles. The molecule has 1 heterocycles. The SMILES string of the molecule is CCC(C)C(C)NCc1csc(C(C)C)n1.Cl. The average Bonchev–Trinajstić information content (AvgIpc) is 2.73. The van der Waals surface area contributed by atoms with Gasteiger partial charge in [-0.05, 0) is 12.8 Å². The van der Waals surface area contributed by atoms with E-state index in [2.05, 4.69) is 50.3 Å². The topological polar surface area (TPSA) is 24.9 Å². The van der Waals surface area contributed by atoms with E-state index in [4.69, 9.17) is 0 Å². The van der Waals surface area contributed by atoms with Crippen molar-refractivity contribution in [2.45, 2.75) is 59.5 Å². The van der Waals surface area contributed by atoms with E-state index >= 15 is 0 Å². The van der Waals surface area contributed by atoms with Crippen LogP contribution in [0.4, 0.5) is 0 Å². The fraction of sp³-hybridized carbons (Fsp3) is 0.769. The summed E-state index contributed by atoms with van der Waals surface area (Å²) >= 11 is 1.77. The highest BCUT2D eigenvalue weighted by Gasteiger charge is 2.10. The summed E-state index contributed by atoms with van der Waals surface area (Å²) in [7, 11) is 0. The molecule has 100 valence electrons. The third-order valence-corrected chi connectivity index (χ3v) is 4.36. The second-order valence-electron chi connectivity index (χ2n) is 4.89. The van der Waals surface area contributed by atoms with Crippen LogP contribution in [0, 0.1) is 5.92 Å². The van der Waals surface area contributed by atoms with Crippen LogP contribution < -0.4 is 5.32 Å². The Morgan fingerprint density at radius 1 is 1.29 bits per heavy atom. The molecular weight excluding hydrogens is 252 g/mol. The summed E-state index contributed by atoms with van der Waals surface area (Å²) in [6.45, 7) is 12.1. The Balaban J connectivity index is 0.00000256. The normalized spacial score (nSPS) is 14.5. The van der Waals surface area contributed by atoms with Gasteiger partial charge in [0.1, 0.15) is 0 Å². The highest BCUT2D eigenvalue weighted by molar-refractivity contribution is 7.09. The van der Waals surface area contributed by atoms with Gasteiger partial charge in [-0.25, -0.2) is 4.98 Å². The minimum absolute atomic E-state index is 0. The molecule has 2 unspecified atom stereocenters. The minimum atomic E-state index is 0. The van der Waals surface area contributed by atoms with Gasteiger partial charge < -0.3 is 5.32 Å². The van der Waals surface area contributed by atoms with Gasteiger partial charge in [-0.1, -0.05) is 34.1 Å². The van der Waals surface area contributed by atoms with Crippen LogP contribution in [0.15, 0.2) is 5.38 Å². The van der Waals surface area contributed by atoms with E-state index in [9.17, 15) is 0 Å². The lowest BCUT2D eigenvalue weighted by Gasteiger charge is -2.19. The van der Waals surface area contributed by atoms with Gasteiger partial charge in [0.25, 0.3) is 0 Å². The number of hydrogen-bond donors (Lipinski definition) is 1. The van der Waals surface area contributed by atoms with Crippen molar-refractivity contribution in [1.29, 1.82) is 0 Å². The maximum atomic E-state index is 4.62. The lowest BCUT2D eigenvalue weighted by molar-refractivity contribution is 0.388. The Bertz CT molecular complexity index is 312. The van der Waals surface area contributed by atoms with Gasteiger partial charge in [-0.3, -0.25) is 0 Å². The molecular formula is C13H25ClN2S. The molecule has 0 aliphatic carbocycles. The maximum absolute atomic E-state index is 4.62. The lowest BCUT2D eigenvalue weighted by atomic mass is 10.0. The van der Waals surface area contributed by atoms with Crippen molar-refractivity contribution >= 4 is 23.7 Å². The van der Waals surface area contributed by atoms with Crippen molar-refractivity contribution in [3.63, 3.8) is 0 Å². The second kappa shape index (κ2) is 8.06. The Kier molecular flexibility index (Phi) is 8.01. The summed E-state index contributed by atoms with van der Waals surface area (Å²) in [5.74, 6) is 1.27. The Labute approximate surface area is 116 Å². The Hall–Kier alpha value is -0.120. The smallest absolute Gasteiger partial charge is 0.0954 e. The first-order chi connectivity index (χ1) is 7.54. The van der Waals surface area contributed by atoms with Crippen molar-refractivity contribution in [3.05, 3.63) is 16.1 Å². The van der Waals surface area contributed by atoms with Gasteiger partial charge in [-0.2, -0.15) is 0 Å². The fourth-order valence-electron chi connectivity index (χ4n) is 1.49. The Morgan fingerprint density at radius 2 is 1.94 bits per heavy atom. The van der Waals surface area contributed by atoms with Crippen LogP contribution in [0.2, 0.25) is 0 Å². The summed E-state index contributed by atoms with van der Waals surface area (Å²) in [6.07, 6.45) is 1.22.